The fraction of sp³-hybridized carbons (Fsp3) is 0.579. The second kappa shape index (κ2) is 8.60. The van der Waals surface area contributed by atoms with Gasteiger partial charge in [0.25, 0.3) is 0 Å². The van der Waals surface area contributed by atoms with E-state index in [9.17, 15) is 9.18 Å². The van der Waals surface area contributed by atoms with E-state index in [0.717, 1.165) is 37.2 Å². The molecule has 2 N–H and O–H groups in total. The summed E-state index contributed by atoms with van der Waals surface area (Å²) in [6, 6.07) is 6.25. The highest BCUT2D eigenvalue weighted by Gasteiger charge is 2.43. The van der Waals surface area contributed by atoms with Gasteiger partial charge in [0.2, 0.25) is 5.91 Å². The molecule has 0 radical (unpaired) electrons. The third kappa shape index (κ3) is 4.40. The number of oxime groups is 1. The van der Waals surface area contributed by atoms with E-state index in [0.29, 0.717) is 26.0 Å². The smallest absolute Gasteiger partial charge is 0.226 e. The number of halogens is 1. The highest BCUT2D eigenvalue weighted by atomic mass is 19.1. The highest BCUT2D eigenvalue weighted by molar-refractivity contribution is 6.01. The molecule has 7 heteroatoms. The molecule has 2 aliphatic rings. The zero-order chi connectivity index (χ0) is 18.4. The third-order valence-electron chi connectivity index (χ3n) is 5.16. The van der Waals surface area contributed by atoms with E-state index in [1.54, 1.807) is 19.2 Å². The van der Waals surface area contributed by atoms with Crippen molar-refractivity contribution < 1.29 is 18.8 Å². The van der Waals surface area contributed by atoms with Gasteiger partial charge in [-0.1, -0.05) is 17.3 Å². The Hall–Kier alpha value is -1.99. The van der Waals surface area contributed by atoms with Crippen molar-refractivity contribution in [1.82, 2.24) is 10.6 Å². The van der Waals surface area contributed by atoms with Crippen LogP contribution in [0.5, 0.6) is 0 Å². The number of hydrogen-bond donors (Lipinski definition) is 2. The van der Waals surface area contributed by atoms with Crippen LogP contribution in [0.2, 0.25) is 0 Å². The van der Waals surface area contributed by atoms with Crippen molar-refractivity contribution in [3.05, 3.63) is 35.6 Å². The quantitative estimate of drug-likeness (QED) is 0.725. The lowest BCUT2D eigenvalue weighted by Gasteiger charge is -2.37. The number of carbonyl (C=O) groups excluding carboxylic acids is 1. The zero-order valence-corrected chi connectivity index (χ0v) is 15.1. The summed E-state index contributed by atoms with van der Waals surface area (Å²) in [6.45, 7) is 2.64. The molecule has 1 saturated heterocycles. The molecule has 142 valence electrons. The second-order valence-electron chi connectivity index (χ2n) is 6.96. The number of methoxy groups -OCH3 is 1. The number of hydrogen-bond acceptors (Lipinski definition) is 5. The minimum absolute atomic E-state index is 0.0647. The van der Waals surface area contributed by atoms with Crippen molar-refractivity contribution in [2.24, 2.45) is 10.6 Å². The van der Waals surface area contributed by atoms with Gasteiger partial charge in [0.05, 0.1) is 17.7 Å². The Labute approximate surface area is 153 Å². The lowest BCUT2D eigenvalue weighted by molar-refractivity contribution is -0.135. The predicted molar refractivity (Wildman–Crippen MR) is 96.5 cm³/mol. The molecule has 1 unspecified atom stereocenters. The van der Waals surface area contributed by atoms with Crippen molar-refractivity contribution in [2.75, 3.05) is 33.4 Å². The number of piperidine rings is 1. The summed E-state index contributed by atoms with van der Waals surface area (Å²) in [4.78, 5) is 18.5. The van der Waals surface area contributed by atoms with Gasteiger partial charge >= 0.3 is 0 Å². The van der Waals surface area contributed by atoms with E-state index in [-0.39, 0.29) is 17.8 Å². The molecule has 1 amide bonds. The minimum Gasteiger partial charge on any atom is -0.392 e. The first-order chi connectivity index (χ1) is 12.6. The molecule has 1 atom stereocenters. The molecule has 1 fully saturated rings. The summed E-state index contributed by atoms with van der Waals surface area (Å²) < 4.78 is 18.1. The van der Waals surface area contributed by atoms with Gasteiger partial charge in [0.1, 0.15) is 11.9 Å². The van der Waals surface area contributed by atoms with Crippen LogP contribution in [0.4, 0.5) is 4.39 Å². The average Bonchev–Trinajstić information content (AvgIpc) is 3.11. The number of benzene rings is 1. The number of ether oxygens (including phenoxy) is 1. The normalized spacial score (nSPS) is 21.8. The van der Waals surface area contributed by atoms with Gasteiger partial charge in [-0.05, 0) is 43.6 Å². The number of nitrogens with zero attached hydrogens (tertiary/aromatic N) is 1. The lowest BCUT2D eigenvalue weighted by atomic mass is 9.73. The van der Waals surface area contributed by atoms with Crippen molar-refractivity contribution in [1.29, 1.82) is 0 Å². The van der Waals surface area contributed by atoms with Crippen LogP contribution in [0.3, 0.4) is 0 Å². The maximum absolute atomic E-state index is 13.1. The lowest BCUT2D eigenvalue weighted by Crippen LogP contribution is -2.49. The standard InChI is InChI=1S/C19H26FN3O3/c1-25-11-10-22-18(24)19(6-8-21-9-7-19)13-16-12-17(23-26-16)14-2-4-15(20)5-3-14/h2-5,16,21H,6-13H2,1H3,(H,22,24). The van der Waals surface area contributed by atoms with Crippen molar-refractivity contribution in [3.63, 3.8) is 0 Å². The maximum atomic E-state index is 13.1. The molecule has 1 aromatic carbocycles. The Morgan fingerprint density at radius 3 is 2.81 bits per heavy atom. The number of nitrogens with one attached hydrogen (secondary N) is 2. The van der Waals surface area contributed by atoms with E-state index in [1.807, 2.05) is 0 Å². The van der Waals surface area contributed by atoms with Crippen LogP contribution in [0.1, 0.15) is 31.2 Å². The summed E-state index contributed by atoms with van der Waals surface area (Å²) in [5.41, 5.74) is 1.22. The topological polar surface area (TPSA) is 72.0 Å². The van der Waals surface area contributed by atoms with Gasteiger partial charge in [-0.25, -0.2) is 4.39 Å². The van der Waals surface area contributed by atoms with Crippen LogP contribution < -0.4 is 10.6 Å². The van der Waals surface area contributed by atoms with Crippen LogP contribution >= 0.6 is 0 Å². The molecule has 1 aromatic rings. The first-order valence-electron chi connectivity index (χ1n) is 9.09. The van der Waals surface area contributed by atoms with Gasteiger partial charge in [0.15, 0.2) is 0 Å². The highest BCUT2D eigenvalue weighted by Crippen LogP contribution is 2.37. The van der Waals surface area contributed by atoms with Gasteiger partial charge in [-0.2, -0.15) is 0 Å². The second-order valence-corrected chi connectivity index (χ2v) is 6.96. The molecule has 0 saturated carbocycles. The SMILES string of the molecule is COCCNC(=O)C1(CC2CC(c3ccc(F)cc3)=NO2)CCNCC1. The molecule has 2 aliphatic heterocycles. The fourth-order valence-corrected chi connectivity index (χ4v) is 3.67. The minimum atomic E-state index is -0.447. The summed E-state index contributed by atoms with van der Waals surface area (Å²) in [6.07, 6.45) is 2.67. The molecule has 6 nitrogen and oxygen atoms in total. The largest absolute Gasteiger partial charge is 0.392 e. The molecule has 0 spiro atoms. The summed E-state index contributed by atoms with van der Waals surface area (Å²) >= 11 is 0. The van der Waals surface area contributed by atoms with Gasteiger partial charge in [-0.3, -0.25) is 4.79 Å². The van der Waals surface area contributed by atoms with Crippen molar-refractivity contribution in [3.8, 4) is 0 Å². The van der Waals surface area contributed by atoms with E-state index < -0.39 is 5.41 Å². The number of carbonyl (C=O) groups is 1. The first-order valence-corrected chi connectivity index (χ1v) is 9.09. The predicted octanol–water partition coefficient (Wildman–Crippen LogP) is 1.84. The van der Waals surface area contributed by atoms with Crippen molar-refractivity contribution >= 4 is 11.6 Å². The fourth-order valence-electron chi connectivity index (χ4n) is 3.67. The van der Waals surface area contributed by atoms with Gasteiger partial charge < -0.3 is 20.2 Å². The monoisotopic (exact) mass is 363 g/mol. The molecular weight excluding hydrogens is 337 g/mol. The Kier molecular flexibility index (Phi) is 6.21. The van der Waals surface area contributed by atoms with E-state index in [2.05, 4.69) is 15.8 Å². The van der Waals surface area contributed by atoms with Crippen LogP contribution in [0, 0.1) is 11.2 Å². The van der Waals surface area contributed by atoms with Crippen LogP contribution in [0.15, 0.2) is 29.4 Å². The van der Waals surface area contributed by atoms with Crippen LogP contribution in [0.25, 0.3) is 0 Å². The Balaban J connectivity index is 1.63. The Morgan fingerprint density at radius 1 is 1.38 bits per heavy atom. The van der Waals surface area contributed by atoms with Gasteiger partial charge in [-0.15, -0.1) is 0 Å². The van der Waals surface area contributed by atoms with Crippen LogP contribution in [-0.2, 0) is 14.4 Å². The molecule has 3 rings (SSSR count). The Bertz CT molecular complexity index is 642. The van der Waals surface area contributed by atoms with E-state index >= 15 is 0 Å². The molecule has 0 aromatic heterocycles. The van der Waals surface area contributed by atoms with Gasteiger partial charge in [0, 0.05) is 26.5 Å². The molecule has 2 heterocycles. The van der Waals surface area contributed by atoms with E-state index in [4.69, 9.17) is 9.57 Å². The molecule has 0 aliphatic carbocycles. The molecular formula is C19H26FN3O3. The van der Waals surface area contributed by atoms with E-state index in [1.165, 1.54) is 12.1 Å². The summed E-state index contributed by atoms with van der Waals surface area (Å²) in [5.74, 6) is -0.207. The first kappa shape index (κ1) is 18.8. The van der Waals surface area contributed by atoms with Crippen LogP contribution in [-0.4, -0.2) is 51.1 Å². The molecule has 0 bridgehead atoms. The third-order valence-corrected chi connectivity index (χ3v) is 5.16. The number of amides is 1. The maximum Gasteiger partial charge on any atom is 0.226 e. The molecule has 26 heavy (non-hydrogen) atoms. The summed E-state index contributed by atoms with van der Waals surface area (Å²) in [5, 5.41) is 10.5. The average molecular weight is 363 g/mol. The Morgan fingerprint density at radius 2 is 2.12 bits per heavy atom. The zero-order valence-electron chi connectivity index (χ0n) is 15.1. The van der Waals surface area contributed by atoms with Crippen molar-refractivity contribution in [2.45, 2.75) is 31.8 Å². The number of rotatable bonds is 7. The summed E-state index contributed by atoms with van der Waals surface area (Å²) in [7, 11) is 1.62.